The van der Waals surface area contributed by atoms with Crippen molar-refractivity contribution in [3.05, 3.63) is 12.2 Å². The molecule has 0 aliphatic heterocycles. The van der Waals surface area contributed by atoms with Crippen LogP contribution in [0.2, 0.25) is 0 Å². The molecule has 1 saturated carbocycles. The third-order valence-electron chi connectivity index (χ3n) is 5.02. The average Bonchev–Trinajstić information content (AvgIpc) is 2.30. The van der Waals surface area contributed by atoms with Gasteiger partial charge in [0.1, 0.15) is 0 Å². The molecule has 0 aromatic rings. The Morgan fingerprint density at radius 1 is 1.42 bits per heavy atom. The monoisotopic (exact) mass is 267 g/mol. The standard InChI is InChI=1S/C15H25NO3/c1-5-14(13(16)19)8-11(4)6-7-15(14,10(2)3)9-12(17)18/h11H,2,5-9H2,1,3-4H3,(H2,16,19)(H,17,18). The van der Waals surface area contributed by atoms with Crippen molar-refractivity contribution in [1.82, 2.24) is 0 Å². The molecule has 0 bridgehead atoms. The van der Waals surface area contributed by atoms with E-state index in [2.05, 4.69) is 13.5 Å². The first-order valence-electron chi connectivity index (χ1n) is 6.89. The summed E-state index contributed by atoms with van der Waals surface area (Å²) in [7, 11) is 0. The largest absolute Gasteiger partial charge is 0.481 e. The van der Waals surface area contributed by atoms with Gasteiger partial charge in [-0.25, -0.2) is 0 Å². The number of aliphatic carboxylic acids is 1. The lowest BCUT2D eigenvalue weighted by molar-refractivity contribution is -0.150. The van der Waals surface area contributed by atoms with E-state index in [1.54, 1.807) is 0 Å². The summed E-state index contributed by atoms with van der Waals surface area (Å²) in [5.41, 5.74) is 4.97. The topological polar surface area (TPSA) is 80.4 Å². The molecule has 0 radical (unpaired) electrons. The number of primary amides is 1. The quantitative estimate of drug-likeness (QED) is 0.751. The van der Waals surface area contributed by atoms with E-state index in [0.717, 1.165) is 12.0 Å². The number of amides is 1. The maximum absolute atomic E-state index is 12.1. The molecule has 1 amide bonds. The van der Waals surface area contributed by atoms with Gasteiger partial charge in [-0.1, -0.05) is 26.0 Å². The van der Waals surface area contributed by atoms with Gasteiger partial charge in [0.15, 0.2) is 0 Å². The van der Waals surface area contributed by atoms with E-state index >= 15 is 0 Å². The Morgan fingerprint density at radius 2 is 2.00 bits per heavy atom. The van der Waals surface area contributed by atoms with Crippen molar-refractivity contribution in [1.29, 1.82) is 0 Å². The minimum Gasteiger partial charge on any atom is -0.481 e. The fourth-order valence-electron chi connectivity index (χ4n) is 3.91. The van der Waals surface area contributed by atoms with E-state index in [1.165, 1.54) is 0 Å². The van der Waals surface area contributed by atoms with Crippen LogP contribution in [0.25, 0.3) is 0 Å². The van der Waals surface area contributed by atoms with Crippen molar-refractivity contribution in [3.8, 4) is 0 Å². The van der Waals surface area contributed by atoms with Gasteiger partial charge in [0.25, 0.3) is 0 Å². The van der Waals surface area contributed by atoms with Crippen LogP contribution in [0.3, 0.4) is 0 Å². The van der Waals surface area contributed by atoms with Crippen LogP contribution in [0.5, 0.6) is 0 Å². The van der Waals surface area contributed by atoms with Gasteiger partial charge in [0.05, 0.1) is 11.8 Å². The van der Waals surface area contributed by atoms with Crippen molar-refractivity contribution < 1.29 is 14.7 Å². The van der Waals surface area contributed by atoms with E-state index in [0.29, 0.717) is 25.2 Å². The van der Waals surface area contributed by atoms with E-state index in [4.69, 9.17) is 5.73 Å². The summed E-state index contributed by atoms with van der Waals surface area (Å²) in [6.45, 7) is 9.82. The second-order valence-corrected chi connectivity index (χ2v) is 6.08. The van der Waals surface area contributed by atoms with Crippen molar-refractivity contribution in [3.63, 3.8) is 0 Å². The van der Waals surface area contributed by atoms with Crippen LogP contribution < -0.4 is 5.73 Å². The molecule has 0 saturated heterocycles. The van der Waals surface area contributed by atoms with Gasteiger partial charge in [0.2, 0.25) is 5.91 Å². The number of allylic oxidation sites excluding steroid dienone is 1. The predicted molar refractivity (Wildman–Crippen MR) is 74.4 cm³/mol. The summed E-state index contributed by atoms with van der Waals surface area (Å²) >= 11 is 0. The Labute approximate surface area is 115 Å². The molecule has 3 unspecified atom stereocenters. The molecule has 0 aromatic heterocycles. The number of nitrogens with two attached hydrogens (primary N) is 1. The lowest BCUT2D eigenvalue weighted by Crippen LogP contribution is -2.55. The van der Waals surface area contributed by atoms with Crippen LogP contribution in [0.4, 0.5) is 0 Å². The van der Waals surface area contributed by atoms with Crippen molar-refractivity contribution in [2.45, 2.75) is 52.9 Å². The Balaban J connectivity index is 3.41. The summed E-state index contributed by atoms with van der Waals surface area (Å²) in [5.74, 6) is -0.892. The smallest absolute Gasteiger partial charge is 0.304 e. The van der Waals surface area contributed by atoms with Crippen LogP contribution in [0.1, 0.15) is 52.9 Å². The minimum atomic E-state index is -0.892. The zero-order chi connectivity index (χ0) is 14.8. The highest BCUT2D eigenvalue weighted by molar-refractivity contribution is 5.84. The lowest BCUT2D eigenvalue weighted by Gasteiger charge is -2.53. The molecule has 108 valence electrons. The number of rotatable bonds is 5. The average molecular weight is 267 g/mol. The third-order valence-corrected chi connectivity index (χ3v) is 5.02. The fourth-order valence-corrected chi connectivity index (χ4v) is 3.91. The molecule has 0 spiro atoms. The highest BCUT2D eigenvalue weighted by Crippen LogP contribution is 2.59. The molecule has 1 aliphatic carbocycles. The summed E-state index contributed by atoms with van der Waals surface area (Å²) in [6, 6.07) is 0. The van der Waals surface area contributed by atoms with Gasteiger partial charge < -0.3 is 10.8 Å². The summed E-state index contributed by atoms with van der Waals surface area (Å²) < 4.78 is 0. The maximum Gasteiger partial charge on any atom is 0.304 e. The molecule has 1 rings (SSSR count). The molecular formula is C15H25NO3. The summed E-state index contributed by atoms with van der Waals surface area (Å²) in [6.07, 6.45) is 2.74. The van der Waals surface area contributed by atoms with Crippen LogP contribution in [-0.2, 0) is 9.59 Å². The van der Waals surface area contributed by atoms with Crippen LogP contribution >= 0.6 is 0 Å². The van der Waals surface area contributed by atoms with Gasteiger partial charge in [-0.2, -0.15) is 0 Å². The predicted octanol–water partition coefficient (Wildman–Crippen LogP) is 2.73. The first kappa shape index (κ1) is 15.7. The molecule has 4 nitrogen and oxygen atoms in total. The van der Waals surface area contributed by atoms with Crippen molar-refractivity contribution in [2.75, 3.05) is 0 Å². The van der Waals surface area contributed by atoms with Crippen LogP contribution in [-0.4, -0.2) is 17.0 Å². The summed E-state index contributed by atoms with van der Waals surface area (Å²) in [4.78, 5) is 23.4. The molecule has 4 heteroatoms. The Kier molecular flexibility index (Phi) is 4.43. The number of carboxylic acids is 1. The van der Waals surface area contributed by atoms with E-state index in [1.807, 2.05) is 13.8 Å². The molecule has 0 heterocycles. The zero-order valence-electron chi connectivity index (χ0n) is 12.2. The molecule has 1 aliphatic rings. The number of carbonyl (C=O) groups is 2. The molecule has 0 aromatic carbocycles. The van der Waals surface area contributed by atoms with E-state index in [9.17, 15) is 14.7 Å². The number of carbonyl (C=O) groups excluding carboxylic acids is 1. The first-order valence-corrected chi connectivity index (χ1v) is 6.89. The van der Waals surface area contributed by atoms with Gasteiger partial charge in [0, 0.05) is 5.41 Å². The highest BCUT2D eigenvalue weighted by atomic mass is 16.4. The molecule has 1 fully saturated rings. The van der Waals surface area contributed by atoms with Gasteiger partial charge >= 0.3 is 5.97 Å². The normalized spacial score (nSPS) is 34.8. The van der Waals surface area contributed by atoms with E-state index < -0.39 is 16.8 Å². The van der Waals surface area contributed by atoms with Crippen LogP contribution in [0.15, 0.2) is 12.2 Å². The highest BCUT2D eigenvalue weighted by Gasteiger charge is 2.57. The number of carboxylic acid groups (broad SMARTS) is 1. The van der Waals surface area contributed by atoms with Gasteiger partial charge in [-0.3, -0.25) is 9.59 Å². The maximum atomic E-state index is 12.1. The van der Waals surface area contributed by atoms with E-state index in [-0.39, 0.29) is 12.3 Å². The summed E-state index contributed by atoms with van der Waals surface area (Å²) in [5, 5.41) is 9.26. The first-order chi connectivity index (χ1) is 8.71. The molecule has 3 atom stereocenters. The molecule has 3 N–H and O–H groups in total. The Hall–Kier alpha value is -1.32. The van der Waals surface area contributed by atoms with Crippen LogP contribution in [0, 0.1) is 16.7 Å². The SMILES string of the molecule is C=C(C)C1(CC(=O)O)CCC(C)CC1(CC)C(N)=O. The second-order valence-electron chi connectivity index (χ2n) is 6.08. The third kappa shape index (κ3) is 2.40. The molecular weight excluding hydrogens is 242 g/mol. The number of hydrogen-bond acceptors (Lipinski definition) is 2. The fraction of sp³-hybridized carbons (Fsp3) is 0.733. The number of hydrogen-bond donors (Lipinski definition) is 2. The molecule has 19 heavy (non-hydrogen) atoms. The van der Waals surface area contributed by atoms with Gasteiger partial charge in [-0.15, -0.1) is 0 Å². The van der Waals surface area contributed by atoms with Gasteiger partial charge in [-0.05, 0) is 38.5 Å². The Morgan fingerprint density at radius 3 is 2.37 bits per heavy atom. The minimum absolute atomic E-state index is 0.0637. The van der Waals surface area contributed by atoms with Crippen molar-refractivity contribution in [2.24, 2.45) is 22.5 Å². The zero-order valence-corrected chi connectivity index (χ0v) is 12.2. The van der Waals surface area contributed by atoms with Crippen molar-refractivity contribution >= 4 is 11.9 Å². The lowest BCUT2D eigenvalue weighted by atomic mass is 9.49. The second kappa shape index (κ2) is 5.35. The Bertz CT molecular complexity index is 404.